The number of hydrogen-bond donors (Lipinski definition) is 1. The molecular formula is C17H19N5O2. The zero-order valence-electron chi connectivity index (χ0n) is 13.2. The molecule has 2 aromatic heterocycles. The lowest BCUT2D eigenvalue weighted by molar-refractivity contribution is -0.126. The van der Waals surface area contributed by atoms with E-state index in [4.69, 9.17) is 4.74 Å². The first kappa shape index (κ1) is 15.0. The van der Waals surface area contributed by atoms with Gasteiger partial charge in [-0.15, -0.1) is 0 Å². The predicted molar refractivity (Wildman–Crippen MR) is 87.0 cm³/mol. The fourth-order valence-electron chi connectivity index (χ4n) is 3.41. The molecule has 0 aliphatic carbocycles. The normalized spacial score (nSPS) is 25.5. The molecule has 0 spiro atoms. The van der Waals surface area contributed by atoms with Gasteiger partial charge in [0, 0.05) is 37.6 Å². The summed E-state index contributed by atoms with van der Waals surface area (Å²) in [6.07, 6.45) is 5.26. The van der Waals surface area contributed by atoms with Crippen molar-refractivity contribution in [1.82, 2.24) is 20.3 Å². The van der Waals surface area contributed by atoms with E-state index < -0.39 is 0 Å². The molecule has 1 N–H and O–H groups in total. The van der Waals surface area contributed by atoms with Crippen molar-refractivity contribution in [3.63, 3.8) is 0 Å². The van der Waals surface area contributed by atoms with Gasteiger partial charge in [0.05, 0.1) is 30.9 Å². The maximum atomic E-state index is 12.5. The number of amides is 1. The molecular weight excluding hydrogens is 306 g/mol. The van der Waals surface area contributed by atoms with E-state index in [0.717, 1.165) is 18.8 Å². The van der Waals surface area contributed by atoms with Crippen LogP contribution in [0.25, 0.3) is 0 Å². The third kappa shape index (κ3) is 2.94. The van der Waals surface area contributed by atoms with Crippen LogP contribution in [0.1, 0.15) is 5.69 Å². The van der Waals surface area contributed by atoms with Crippen LogP contribution in [0.3, 0.4) is 0 Å². The average Bonchev–Trinajstić information content (AvgIpc) is 3.22. The number of anilines is 1. The fourth-order valence-corrected chi connectivity index (χ4v) is 3.41. The van der Waals surface area contributed by atoms with Crippen LogP contribution < -0.4 is 10.2 Å². The quantitative estimate of drug-likeness (QED) is 0.888. The summed E-state index contributed by atoms with van der Waals surface area (Å²) in [4.78, 5) is 27.4. The van der Waals surface area contributed by atoms with Gasteiger partial charge in [-0.25, -0.2) is 9.97 Å². The van der Waals surface area contributed by atoms with E-state index in [1.807, 2.05) is 18.2 Å². The van der Waals surface area contributed by atoms with E-state index in [1.165, 1.54) is 0 Å². The lowest BCUT2D eigenvalue weighted by Gasteiger charge is -2.19. The monoisotopic (exact) mass is 325 g/mol. The van der Waals surface area contributed by atoms with Gasteiger partial charge in [-0.1, -0.05) is 6.07 Å². The van der Waals surface area contributed by atoms with Gasteiger partial charge in [-0.05, 0) is 18.2 Å². The molecule has 2 saturated heterocycles. The van der Waals surface area contributed by atoms with E-state index >= 15 is 0 Å². The minimum absolute atomic E-state index is 0.0315. The molecule has 4 rings (SSSR count). The Morgan fingerprint density at radius 2 is 2.00 bits per heavy atom. The summed E-state index contributed by atoms with van der Waals surface area (Å²) in [5.41, 5.74) is 0.854. The topological polar surface area (TPSA) is 80.2 Å². The average molecular weight is 325 g/mol. The molecule has 0 bridgehead atoms. The van der Waals surface area contributed by atoms with Gasteiger partial charge in [0.1, 0.15) is 0 Å². The first-order chi connectivity index (χ1) is 11.8. The van der Waals surface area contributed by atoms with Crippen molar-refractivity contribution in [2.24, 2.45) is 11.8 Å². The summed E-state index contributed by atoms with van der Waals surface area (Å²) in [5.74, 6) is 0.775. The summed E-state index contributed by atoms with van der Waals surface area (Å²) in [6, 6.07) is 7.47. The molecule has 24 heavy (non-hydrogen) atoms. The number of nitrogens with zero attached hydrogens (tertiary/aromatic N) is 4. The highest BCUT2D eigenvalue weighted by atomic mass is 16.5. The van der Waals surface area contributed by atoms with Crippen molar-refractivity contribution < 1.29 is 9.53 Å². The van der Waals surface area contributed by atoms with Gasteiger partial charge < -0.3 is 15.0 Å². The Labute approximate surface area is 140 Å². The molecule has 1 amide bonds. The standard InChI is InChI=1S/C17H19N5O2/c23-16(21-8-12-4-1-2-5-18-12)14-11-24-15-10-22(9-13(14)15)17-19-6-3-7-20-17/h1-7,13-15H,8-11H2,(H,21,23)/t13-,14+,15-/m0/s1. The Kier molecular flexibility index (Phi) is 4.08. The van der Waals surface area contributed by atoms with Gasteiger partial charge in [-0.3, -0.25) is 9.78 Å². The van der Waals surface area contributed by atoms with Crippen molar-refractivity contribution in [2.45, 2.75) is 12.6 Å². The van der Waals surface area contributed by atoms with Crippen LogP contribution in [0.4, 0.5) is 5.95 Å². The van der Waals surface area contributed by atoms with Crippen molar-refractivity contribution in [2.75, 3.05) is 24.6 Å². The smallest absolute Gasteiger partial charge is 0.226 e. The number of carbonyl (C=O) groups excluding carboxylic acids is 1. The Bertz CT molecular complexity index is 697. The number of nitrogens with one attached hydrogen (secondary N) is 1. The molecule has 0 unspecified atom stereocenters. The second-order valence-corrected chi connectivity index (χ2v) is 6.13. The van der Waals surface area contributed by atoms with Crippen LogP contribution in [-0.2, 0) is 16.1 Å². The molecule has 2 aliphatic rings. The molecule has 7 nitrogen and oxygen atoms in total. The molecule has 0 saturated carbocycles. The van der Waals surface area contributed by atoms with E-state index in [-0.39, 0.29) is 23.8 Å². The highest BCUT2D eigenvalue weighted by Gasteiger charge is 2.47. The highest BCUT2D eigenvalue weighted by molar-refractivity contribution is 5.79. The van der Waals surface area contributed by atoms with Gasteiger partial charge in [0.15, 0.2) is 0 Å². The number of pyridine rings is 1. The highest BCUT2D eigenvalue weighted by Crippen LogP contribution is 2.35. The summed E-state index contributed by atoms with van der Waals surface area (Å²) in [7, 11) is 0. The molecule has 0 aromatic carbocycles. The Hall–Kier alpha value is -2.54. The van der Waals surface area contributed by atoms with E-state index in [1.54, 1.807) is 24.7 Å². The summed E-state index contributed by atoms with van der Waals surface area (Å²) in [6.45, 7) is 2.40. The van der Waals surface area contributed by atoms with Crippen LogP contribution in [0.2, 0.25) is 0 Å². The van der Waals surface area contributed by atoms with E-state index in [0.29, 0.717) is 19.1 Å². The summed E-state index contributed by atoms with van der Waals surface area (Å²) >= 11 is 0. The zero-order chi connectivity index (χ0) is 16.4. The van der Waals surface area contributed by atoms with Crippen LogP contribution in [0.15, 0.2) is 42.9 Å². The molecule has 124 valence electrons. The molecule has 2 fully saturated rings. The number of hydrogen-bond acceptors (Lipinski definition) is 6. The van der Waals surface area contributed by atoms with Crippen molar-refractivity contribution in [3.05, 3.63) is 48.5 Å². The molecule has 7 heteroatoms. The van der Waals surface area contributed by atoms with Crippen LogP contribution in [0.5, 0.6) is 0 Å². The summed E-state index contributed by atoms with van der Waals surface area (Å²) < 4.78 is 5.84. The fraction of sp³-hybridized carbons (Fsp3) is 0.412. The third-order valence-electron chi connectivity index (χ3n) is 4.66. The number of aromatic nitrogens is 3. The largest absolute Gasteiger partial charge is 0.375 e. The van der Waals surface area contributed by atoms with Crippen LogP contribution in [0, 0.1) is 11.8 Å². The second kappa shape index (κ2) is 6.52. The first-order valence-corrected chi connectivity index (χ1v) is 8.12. The predicted octanol–water partition coefficient (Wildman–Crippen LogP) is 0.639. The molecule has 2 aliphatic heterocycles. The summed E-state index contributed by atoms with van der Waals surface area (Å²) in [5, 5.41) is 2.98. The molecule has 2 aromatic rings. The lowest BCUT2D eigenvalue weighted by Crippen LogP contribution is -2.36. The molecule has 3 atom stereocenters. The number of ether oxygens (including phenoxy) is 1. The van der Waals surface area contributed by atoms with E-state index in [2.05, 4.69) is 25.2 Å². The second-order valence-electron chi connectivity index (χ2n) is 6.13. The molecule has 0 radical (unpaired) electrons. The van der Waals surface area contributed by atoms with Crippen LogP contribution >= 0.6 is 0 Å². The Morgan fingerprint density at radius 1 is 1.17 bits per heavy atom. The molecule has 4 heterocycles. The Morgan fingerprint density at radius 3 is 2.79 bits per heavy atom. The first-order valence-electron chi connectivity index (χ1n) is 8.12. The van der Waals surface area contributed by atoms with E-state index in [9.17, 15) is 4.79 Å². The van der Waals surface area contributed by atoms with Crippen molar-refractivity contribution in [3.8, 4) is 0 Å². The van der Waals surface area contributed by atoms with Crippen molar-refractivity contribution in [1.29, 1.82) is 0 Å². The SMILES string of the molecule is O=C(NCc1ccccn1)[C@@H]1CO[C@H]2CN(c3ncccn3)C[C@H]21. The minimum Gasteiger partial charge on any atom is -0.375 e. The number of fused-ring (bicyclic) bond motifs is 1. The van der Waals surface area contributed by atoms with Gasteiger partial charge in [0.2, 0.25) is 11.9 Å². The minimum atomic E-state index is -0.132. The maximum Gasteiger partial charge on any atom is 0.226 e. The van der Waals surface area contributed by atoms with Gasteiger partial charge in [0.25, 0.3) is 0 Å². The van der Waals surface area contributed by atoms with Crippen molar-refractivity contribution >= 4 is 11.9 Å². The van der Waals surface area contributed by atoms with Crippen LogP contribution in [-0.4, -0.2) is 46.7 Å². The lowest BCUT2D eigenvalue weighted by atomic mass is 9.92. The zero-order valence-corrected chi connectivity index (χ0v) is 13.2. The number of carbonyl (C=O) groups is 1. The Balaban J connectivity index is 1.38. The number of rotatable bonds is 4. The van der Waals surface area contributed by atoms with Gasteiger partial charge in [-0.2, -0.15) is 0 Å². The maximum absolute atomic E-state index is 12.5. The van der Waals surface area contributed by atoms with Gasteiger partial charge >= 0.3 is 0 Å². The third-order valence-corrected chi connectivity index (χ3v) is 4.66.